The second-order valence-corrected chi connectivity index (χ2v) is 7.56. The number of pyridine rings is 1. The number of nitrogens with zero attached hydrogens (tertiary/aromatic N) is 3. The first-order valence-corrected chi connectivity index (χ1v) is 9.64. The molecule has 0 unspecified atom stereocenters. The quantitative estimate of drug-likeness (QED) is 0.368. The summed E-state index contributed by atoms with van der Waals surface area (Å²) >= 11 is 0. The van der Waals surface area contributed by atoms with Crippen LogP contribution in [-0.4, -0.2) is 18.4 Å². The molecule has 2 aromatic heterocycles. The van der Waals surface area contributed by atoms with Crippen LogP contribution in [-0.2, 0) is 35.7 Å². The zero-order valence-electron chi connectivity index (χ0n) is 15.2. The first-order chi connectivity index (χ1) is 13.7. The number of hydrogen-bond donors (Lipinski definition) is 0. The Morgan fingerprint density at radius 2 is 1.63 bits per heavy atom. The average Bonchev–Trinajstić information content (AvgIpc) is 3.11. The smallest absolute Gasteiger partial charge is 0.416 e. The number of fused-ring (bicyclic) bond motifs is 1. The minimum atomic E-state index is -4.56. The van der Waals surface area contributed by atoms with E-state index in [1.165, 1.54) is 12.3 Å². The van der Waals surface area contributed by atoms with Crippen molar-refractivity contribution < 1.29 is 45.5 Å². The maximum absolute atomic E-state index is 12.7. The van der Waals surface area contributed by atoms with Crippen molar-refractivity contribution in [2.75, 3.05) is 0 Å². The van der Waals surface area contributed by atoms with E-state index in [1.807, 2.05) is 0 Å². The van der Waals surface area contributed by atoms with E-state index in [4.69, 9.17) is 4.42 Å². The monoisotopic (exact) mass is 482 g/mol. The van der Waals surface area contributed by atoms with Gasteiger partial charge in [-0.3, -0.25) is 0 Å². The van der Waals surface area contributed by atoms with Gasteiger partial charge in [0.25, 0.3) is 0 Å². The predicted molar refractivity (Wildman–Crippen MR) is 98.9 cm³/mol. The van der Waals surface area contributed by atoms with Gasteiger partial charge in [0.05, 0.1) is 10.5 Å². The Hall–Kier alpha value is -2.78. The molecule has 0 spiro atoms. The molecule has 0 radical (unpaired) electrons. The van der Waals surface area contributed by atoms with Gasteiger partial charge in [-0.1, -0.05) is 24.3 Å². The third-order valence-corrected chi connectivity index (χ3v) is 5.30. The van der Waals surface area contributed by atoms with Crippen molar-refractivity contribution in [3.63, 3.8) is 0 Å². The molecule has 0 fully saturated rings. The number of oxazole rings is 1. The molecule has 6 nitrogen and oxygen atoms in total. The van der Waals surface area contributed by atoms with Crippen molar-refractivity contribution in [3.8, 4) is 11.5 Å². The van der Waals surface area contributed by atoms with Crippen LogP contribution in [0.2, 0.25) is 0 Å². The molecule has 0 aliphatic carbocycles. The van der Waals surface area contributed by atoms with Gasteiger partial charge in [-0.25, -0.2) is 18.4 Å². The maximum atomic E-state index is 12.7. The molecule has 0 saturated carbocycles. The zero-order chi connectivity index (χ0) is 20.6. The largest absolute Gasteiger partial charge is 0.572 e. The molecule has 30 heavy (non-hydrogen) atoms. The molecule has 150 valence electrons. The molecule has 0 N–H and O–H groups in total. The zero-order valence-corrected chi connectivity index (χ0v) is 19.0. The molecular formula is C19H11F3N3O3SZn-. The van der Waals surface area contributed by atoms with Gasteiger partial charge in [-0.2, -0.15) is 13.2 Å². The normalized spacial score (nSPS) is 11.8. The molecule has 4 aromatic rings. The first-order valence-electron chi connectivity index (χ1n) is 8.20. The standard InChI is InChI=1S/C19H11F3N3O3S.Zn/c20-19(21,22)12-7-9-13(10-8-12)29(26,27)25-15-5-2-1-4-14(15)17-24-16-6-3-11-23-18(16)28-17;/h1-11H;/q-1;. The molecule has 0 amide bonds. The van der Waals surface area contributed by atoms with E-state index in [-0.39, 0.29) is 41.7 Å². The van der Waals surface area contributed by atoms with Crippen molar-refractivity contribution in [2.24, 2.45) is 0 Å². The van der Waals surface area contributed by atoms with Gasteiger partial charge in [0, 0.05) is 31.2 Å². The molecule has 11 heteroatoms. The molecule has 0 saturated heterocycles. The molecule has 4 rings (SSSR count). The van der Waals surface area contributed by atoms with E-state index in [0.29, 0.717) is 23.2 Å². The fraction of sp³-hybridized carbons (Fsp3) is 0.0526. The Kier molecular flexibility index (Phi) is 5.96. The molecule has 2 heterocycles. The van der Waals surface area contributed by atoms with Crippen LogP contribution < -0.4 is 0 Å². The van der Waals surface area contributed by atoms with Crippen LogP contribution in [0.4, 0.5) is 18.9 Å². The Labute approximate surface area is 182 Å². The Balaban J connectivity index is 0.00000256. The molecular weight excluding hydrogens is 473 g/mol. The van der Waals surface area contributed by atoms with E-state index < -0.39 is 21.8 Å². The molecule has 0 bridgehead atoms. The summed E-state index contributed by atoms with van der Waals surface area (Å²) in [5, 5.41) is 0. The molecule has 0 aliphatic rings. The van der Waals surface area contributed by atoms with Gasteiger partial charge in [-0.05, 0) is 36.4 Å². The van der Waals surface area contributed by atoms with E-state index in [2.05, 4.69) is 14.7 Å². The maximum Gasteiger partial charge on any atom is 0.416 e. The number of benzene rings is 2. The van der Waals surface area contributed by atoms with Crippen LogP contribution in [0.5, 0.6) is 0 Å². The Morgan fingerprint density at radius 1 is 0.933 bits per heavy atom. The van der Waals surface area contributed by atoms with Crippen molar-refractivity contribution >= 4 is 26.9 Å². The van der Waals surface area contributed by atoms with Gasteiger partial charge < -0.3 is 9.14 Å². The van der Waals surface area contributed by atoms with Crippen LogP contribution in [0.25, 0.3) is 27.4 Å². The topological polar surface area (TPSA) is 87.2 Å². The SMILES string of the molecule is O=S(=O)([N-]c1ccccc1-c1nc2cccnc2o1)c1ccc(C(F)(F)F)cc1.[Zn]. The summed E-state index contributed by atoms with van der Waals surface area (Å²) in [5.41, 5.74) is 0.168. The van der Waals surface area contributed by atoms with E-state index in [9.17, 15) is 21.6 Å². The molecule has 0 atom stereocenters. The number of alkyl halides is 3. The van der Waals surface area contributed by atoms with Crippen LogP contribution in [0.1, 0.15) is 5.56 Å². The first kappa shape index (κ1) is 21.9. The van der Waals surface area contributed by atoms with Gasteiger partial charge >= 0.3 is 6.18 Å². The third kappa shape index (κ3) is 4.37. The second-order valence-electron chi connectivity index (χ2n) is 5.95. The number of hydrogen-bond acceptors (Lipinski definition) is 5. The summed E-state index contributed by atoms with van der Waals surface area (Å²) in [6.07, 6.45) is -3.03. The average molecular weight is 484 g/mol. The van der Waals surface area contributed by atoms with Crippen LogP contribution in [0.15, 0.2) is 76.2 Å². The number of sulfonamides is 1. The summed E-state index contributed by atoms with van der Waals surface area (Å²) in [5.74, 6) is 0.126. The summed E-state index contributed by atoms with van der Waals surface area (Å²) in [4.78, 5) is 7.95. The molecule has 0 aliphatic heterocycles. The summed E-state index contributed by atoms with van der Waals surface area (Å²) < 4.78 is 72.6. The van der Waals surface area contributed by atoms with Crippen LogP contribution >= 0.6 is 0 Å². The van der Waals surface area contributed by atoms with Crippen molar-refractivity contribution in [1.29, 1.82) is 0 Å². The second kappa shape index (κ2) is 8.16. The number of aromatic nitrogens is 2. The summed E-state index contributed by atoms with van der Waals surface area (Å²) in [6, 6.07) is 12.7. The van der Waals surface area contributed by atoms with Crippen LogP contribution in [0.3, 0.4) is 0 Å². The molecule has 2 aromatic carbocycles. The third-order valence-electron chi connectivity index (χ3n) is 4.00. The van der Waals surface area contributed by atoms with E-state index in [1.54, 1.807) is 30.3 Å². The van der Waals surface area contributed by atoms with Crippen molar-refractivity contribution in [1.82, 2.24) is 9.97 Å². The van der Waals surface area contributed by atoms with Gasteiger partial charge in [0.2, 0.25) is 11.6 Å². The predicted octanol–water partition coefficient (Wildman–Crippen LogP) is 5.30. The fourth-order valence-electron chi connectivity index (χ4n) is 2.62. The van der Waals surface area contributed by atoms with E-state index in [0.717, 1.165) is 12.1 Å². The van der Waals surface area contributed by atoms with Gasteiger partial charge in [0.15, 0.2) is 0 Å². The Bertz CT molecular complexity index is 1260. The van der Waals surface area contributed by atoms with Crippen LogP contribution in [0, 0.1) is 0 Å². The number of halogens is 3. The minimum Gasteiger partial charge on any atom is -0.572 e. The summed E-state index contributed by atoms with van der Waals surface area (Å²) in [7, 11) is -4.26. The number of rotatable bonds is 4. The van der Waals surface area contributed by atoms with Gasteiger partial charge in [-0.15, -0.1) is 5.69 Å². The minimum absolute atomic E-state index is 0. The fourth-order valence-corrected chi connectivity index (χ4v) is 3.62. The van der Waals surface area contributed by atoms with E-state index >= 15 is 0 Å². The van der Waals surface area contributed by atoms with Crippen molar-refractivity contribution in [3.05, 3.63) is 77.1 Å². The van der Waals surface area contributed by atoms with Gasteiger partial charge in [0.1, 0.15) is 15.5 Å². The Morgan fingerprint density at radius 3 is 2.30 bits per heavy atom. The summed E-state index contributed by atoms with van der Waals surface area (Å²) in [6.45, 7) is 0. The van der Waals surface area contributed by atoms with Crippen molar-refractivity contribution in [2.45, 2.75) is 11.1 Å².